The molecule has 1 aromatic carbocycles. The van der Waals surface area contributed by atoms with E-state index in [4.69, 9.17) is 0 Å². The number of phenolic OH excluding ortho intramolecular Hbond substituents is 1. The number of halogens is 4. The first-order valence-corrected chi connectivity index (χ1v) is 12.6. The van der Waals surface area contributed by atoms with E-state index in [-0.39, 0.29) is 54.5 Å². The quantitative estimate of drug-likeness (QED) is 0.230. The van der Waals surface area contributed by atoms with Crippen LogP contribution in [-0.2, 0) is 32.2 Å². The van der Waals surface area contributed by atoms with Crippen molar-refractivity contribution in [2.24, 2.45) is 0 Å². The smallest absolute Gasteiger partial charge is 0.417 e. The number of nitrogens with one attached hydrogen (secondary N) is 2. The number of carbonyl (C=O) groups is 2. The Morgan fingerprint density at radius 2 is 1.80 bits per heavy atom. The van der Waals surface area contributed by atoms with Gasteiger partial charge in [0.15, 0.2) is 5.69 Å². The van der Waals surface area contributed by atoms with Gasteiger partial charge in [-0.3, -0.25) is 14.6 Å². The number of phenols is 1. The third kappa shape index (κ3) is 8.02. The van der Waals surface area contributed by atoms with Gasteiger partial charge >= 0.3 is 6.18 Å². The zero-order chi connectivity index (χ0) is 28.7. The van der Waals surface area contributed by atoms with Gasteiger partial charge in [0, 0.05) is 31.9 Å². The highest BCUT2D eigenvalue weighted by molar-refractivity contribution is 7.13. The molecule has 0 radical (unpaired) electrons. The highest BCUT2D eigenvalue weighted by atomic mass is 32.1. The Balaban J connectivity index is 1.21. The van der Waals surface area contributed by atoms with Crippen LogP contribution >= 0.6 is 11.3 Å². The number of carbonyl (C=O) groups excluding carboxylic acids is 2. The van der Waals surface area contributed by atoms with Crippen LogP contribution < -0.4 is 10.6 Å². The lowest BCUT2D eigenvalue weighted by molar-refractivity contribution is -0.137. The topological polar surface area (TPSA) is 148 Å². The summed E-state index contributed by atoms with van der Waals surface area (Å²) in [6, 6.07) is 7.32. The van der Waals surface area contributed by atoms with Crippen molar-refractivity contribution in [1.82, 2.24) is 40.8 Å². The highest BCUT2D eigenvalue weighted by Gasteiger charge is 2.31. The number of nitrogens with zero attached hydrogens (tertiary/aromatic N) is 6. The molecule has 2 amide bonds. The molecule has 0 aliphatic heterocycles. The number of aromatic nitrogens is 6. The maximum Gasteiger partial charge on any atom is 0.417 e. The van der Waals surface area contributed by atoms with Gasteiger partial charge in [0.1, 0.15) is 16.9 Å². The summed E-state index contributed by atoms with van der Waals surface area (Å²) in [5.74, 6) is -1.05. The molecule has 4 rings (SSSR count). The maximum absolute atomic E-state index is 14.6. The van der Waals surface area contributed by atoms with Crippen molar-refractivity contribution in [3.05, 3.63) is 81.3 Å². The van der Waals surface area contributed by atoms with Gasteiger partial charge in [-0.15, -0.1) is 15.3 Å². The minimum Gasteiger partial charge on any atom is -0.508 e. The molecule has 1 unspecified atom stereocenters. The molecular weight excluding hydrogens is 556 g/mol. The standard InChI is InChI=1S/C24H22F4N8O3S/c25-17(4-5-20-33-34-23(40-20)22(39)31-9-14-2-1-3-18(37)7-14)12-36-13-19(32-35-36)21(38)30-10-15-6-16(11-29-8-15)24(26,27)28/h1-3,6-8,11,13,17,37H,4-5,9-10,12H2,(H,30,38)(H,31,39). The molecule has 3 heterocycles. The van der Waals surface area contributed by atoms with Gasteiger partial charge in [-0.2, -0.15) is 13.2 Å². The second-order valence-electron chi connectivity index (χ2n) is 8.58. The second-order valence-corrected chi connectivity index (χ2v) is 9.64. The van der Waals surface area contributed by atoms with Crippen molar-refractivity contribution in [3.8, 4) is 5.75 Å². The molecule has 0 spiro atoms. The lowest BCUT2D eigenvalue weighted by Crippen LogP contribution is -2.23. The summed E-state index contributed by atoms with van der Waals surface area (Å²) in [7, 11) is 0. The molecule has 3 N–H and O–H groups in total. The maximum atomic E-state index is 14.6. The Labute approximate surface area is 228 Å². The molecule has 40 heavy (non-hydrogen) atoms. The second kappa shape index (κ2) is 12.6. The van der Waals surface area contributed by atoms with Crippen molar-refractivity contribution in [2.75, 3.05) is 0 Å². The molecule has 0 saturated carbocycles. The Kier molecular flexibility index (Phi) is 8.98. The van der Waals surface area contributed by atoms with E-state index in [2.05, 4.69) is 36.1 Å². The van der Waals surface area contributed by atoms with Crippen LogP contribution in [0.25, 0.3) is 0 Å². The van der Waals surface area contributed by atoms with Gasteiger partial charge in [-0.05, 0) is 35.7 Å². The molecule has 0 saturated heterocycles. The summed E-state index contributed by atoms with van der Waals surface area (Å²) < 4.78 is 54.1. The third-order valence-corrected chi connectivity index (χ3v) is 6.41. The predicted molar refractivity (Wildman–Crippen MR) is 133 cm³/mol. The molecule has 0 bridgehead atoms. The average Bonchev–Trinajstić information content (AvgIpc) is 3.59. The molecule has 3 aromatic heterocycles. The fourth-order valence-electron chi connectivity index (χ4n) is 3.45. The normalized spacial score (nSPS) is 12.2. The molecule has 1 atom stereocenters. The number of rotatable bonds is 11. The van der Waals surface area contributed by atoms with Crippen LogP contribution in [0.4, 0.5) is 17.6 Å². The van der Waals surface area contributed by atoms with Gasteiger partial charge in [-0.1, -0.05) is 28.7 Å². The van der Waals surface area contributed by atoms with E-state index in [1.807, 2.05) is 0 Å². The van der Waals surface area contributed by atoms with E-state index in [0.717, 1.165) is 22.1 Å². The summed E-state index contributed by atoms with van der Waals surface area (Å²) >= 11 is 1.04. The molecule has 0 fully saturated rings. The van der Waals surface area contributed by atoms with Gasteiger partial charge in [0.25, 0.3) is 11.8 Å². The van der Waals surface area contributed by atoms with Crippen molar-refractivity contribution >= 4 is 23.2 Å². The van der Waals surface area contributed by atoms with E-state index in [9.17, 15) is 32.3 Å². The number of alkyl halides is 4. The average molecular weight is 579 g/mol. The number of amides is 2. The molecule has 11 nitrogen and oxygen atoms in total. The predicted octanol–water partition coefficient (Wildman–Crippen LogP) is 3.08. The molecule has 16 heteroatoms. The molecule has 4 aromatic rings. The van der Waals surface area contributed by atoms with E-state index in [1.54, 1.807) is 12.1 Å². The van der Waals surface area contributed by atoms with E-state index < -0.39 is 29.7 Å². The lowest BCUT2D eigenvalue weighted by Gasteiger charge is -2.08. The molecule has 210 valence electrons. The summed E-state index contributed by atoms with van der Waals surface area (Å²) in [5, 5.41) is 30.3. The molecule has 0 aliphatic rings. The van der Waals surface area contributed by atoms with Gasteiger partial charge in [0.2, 0.25) is 5.01 Å². The number of pyridine rings is 1. The largest absolute Gasteiger partial charge is 0.508 e. The highest BCUT2D eigenvalue weighted by Crippen LogP contribution is 2.28. The van der Waals surface area contributed by atoms with Gasteiger partial charge < -0.3 is 15.7 Å². The van der Waals surface area contributed by atoms with Crippen LogP contribution in [0.1, 0.15) is 48.4 Å². The van der Waals surface area contributed by atoms with Crippen molar-refractivity contribution in [2.45, 2.75) is 44.8 Å². The summed E-state index contributed by atoms with van der Waals surface area (Å²) in [6.07, 6.45) is -2.56. The number of hydrogen-bond acceptors (Lipinski definition) is 9. The summed E-state index contributed by atoms with van der Waals surface area (Å²) in [6.45, 7) is -0.227. The fourth-order valence-corrected chi connectivity index (χ4v) is 4.22. The van der Waals surface area contributed by atoms with E-state index >= 15 is 0 Å². The first kappa shape index (κ1) is 28.5. The summed E-state index contributed by atoms with van der Waals surface area (Å²) in [5.41, 5.74) is -0.205. The van der Waals surface area contributed by atoms with Crippen molar-refractivity contribution in [3.63, 3.8) is 0 Å². The lowest BCUT2D eigenvalue weighted by atomic mass is 10.2. The van der Waals surface area contributed by atoms with Crippen LogP contribution in [0.15, 0.2) is 48.9 Å². The van der Waals surface area contributed by atoms with Crippen LogP contribution in [0.2, 0.25) is 0 Å². The Bertz CT molecular complexity index is 1480. The number of benzene rings is 1. The Morgan fingerprint density at radius 3 is 2.58 bits per heavy atom. The number of aromatic hydroxyl groups is 1. The zero-order valence-electron chi connectivity index (χ0n) is 20.6. The Hall–Kier alpha value is -4.47. The van der Waals surface area contributed by atoms with Gasteiger partial charge in [-0.25, -0.2) is 9.07 Å². The first-order valence-electron chi connectivity index (χ1n) is 11.8. The van der Waals surface area contributed by atoms with Crippen molar-refractivity contribution < 1.29 is 32.3 Å². The first-order chi connectivity index (χ1) is 19.1. The summed E-state index contributed by atoms with van der Waals surface area (Å²) in [4.78, 5) is 28.1. The fraction of sp³-hybridized carbons (Fsp3) is 0.292. The number of hydrogen-bond donors (Lipinski definition) is 3. The number of aryl methyl sites for hydroxylation is 1. The van der Waals surface area contributed by atoms with Gasteiger partial charge in [0.05, 0.1) is 18.3 Å². The van der Waals surface area contributed by atoms with E-state index in [0.29, 0.717) is 16.8 Å². The minimum atomic E-state index is -4.56. The van der Waals surface area contributed by atoms with E-state index in [1.165, 1.54) is 24.5 Å². The Morgan fingerprint density at radius 1 is 1.02 bits per heavy atom. The van der Waals surface area contributed by atoms with Crippen LogP contribution in [0.3, 0.4) is 0 Å². The minimum absolute atomic E-state index is 0.0451. The van der Waals surface area contributed by atoms with Crippen LogP contribution in [-0.4, -0.2) is 53.3 Å². The SMILES string of the molecule is O=C(NCc1cncc(C(F)(F)F)c1)c1cn(CC(F)CCc2nnc(C(=O)NCc3cccc(O)c3)s2)nn1. The molecule has 0 aliphatic carbocycles. The van der Waals surface area contributed by atoms with Crippen molar-refractivity contribution in [1.29, 1.82) is 0 Å². The van der Waals surface area contributed by atoms with Crippen LogP contribution in [0.5, 0.6) is 5.75 Å². The zero-order valence-corrected chi connectivity index (χ0v) is 21.4. The van der Waals surface area contributed by atoms with Crippen LogP contribution in [0, 0.1) is 0 Å². The molecular formula is C24H22F4N8O3S. The monoisotopic (exact) mass is 578 g/mol. The third-order valence-electron chi connectivity index (χ3n) is 5.43.